The standard InChI is InChI=1S/C13H11IN2O5/c1-16-8-3-2-6(14)4-7(8)11(19)10(13(16)21)12(20)15-5-9(17)18/h2-4,19H,5H2,1H3,(H,15,20)(H,17,18). The van der Waals surface area contributed by atoms with Crippen LogP contribution in [0.15, 0.2) is 23.0 Å². The van der Waals surface area contributed by atoms with Gasteiger partial charge in [0.1, 0.15) is 17.9 Å². The second-order valence-electron chi connectivity index (χ2n) is 4.33. The molecule has 21 heavy (non-hydrogen) atoms. The predicted molar refractivity (Wildman–Crippen MR) is 83.5 cm³/mol. The van der Waals surface area contributed by atoms with Gasteiger partial charge >= 0.3 is 5.97 Å². The molecule has 1 aromatic carbocycles. The molecule has 2 aromatic rings. The smallest absolute Gasteiger partial charge is 0.322 e. The number of benzene rings is 1. The lowest BCUT2D eigenvalue weighted by Gasteiger charge is -2.11. The van der Waals surface area contributed by atoms with Gasteiger partial charge in [0.05, 0.1) is 5.52 Å². The van der Waals surface area contributed by atoms with E-state index in [0.717, 1.165) is 3.57 Å². The first kappa shape index (κ1) is 15.3. The van der Waals surface area contributed by atoms with Crippen LogP contribution in [0.3, 0.4) is 0 Å². The van der Waals surface area contributed by atoms with Gasteiger partial charge < -0.3 is 20.1 Å². The van der Waals surface area contributed by atoms with Crippen molar-refractivity contribution in [2.24, 2.45) is 7.05 Å². The minimum Gasteiger partial charge on any atom is -0.506 e. The highest BCUT2D eigenvalue weighted by Crippen LogP contribution is 2.27. The van der Waals surface area contributed by atoms with Gasteiger partial charge in [0.2, 0.25) is 0 Å². The summed E-state index contributed by atoms with van der Waals surface area (Å²) in [5.74, 6) is -2.61. The number of nitrogens with zero attached hydrogens (tertiary/aromatic N) is 1. The van der Waals surface area contributed by atoms with Gasteiger partial charge in [-0.2, -0.15) is 0 Å². The molecule has 110 valence electrons. The topological polar surface area (TPSA) is 109 Å². The Bertz CT molecular complexity index is 812. The number of nitrogens with one attached hydrogen (secondary N) is 1. The number of aromatic hydroxyl groups is 1. The Labute approximate surface area is 132 Å². The van der Waals surface area contributed by atoms with Crippen LogP contribution < -0.4 is 10.9 Å². The number of halogens is 1. The first-order valence-electron chi connectivity index (χ1n) is 5.84. The molecule has 0 atom stereocenters. The lowest BCUT2D eigenvalue weighted by Crippen LogP contribution is -2.35. The summed E-state index contributed by atoms with van der Waals surface area (Å²) in [6.45, 7) is -0.633. The molecule has 0 saturated carbocycles. The third-order valence-corrected chi connectivity index (χ3v) is 3.63. The first-order valence-corrected chi connectivity index (χ1v) is 6.92. The fraction of sp³-hybridized carbons (Fsp3) is 0.154. The number of hydrogen-bond donors (Lipinski definition) is 3. The maximum absolute atomic E-state index is 12.2. The first-order chi connectivity index (χ1) is 9.82. The minimum absolute atomic E-state index is 0.351. The molecule has 0 bridgehead atoms. The fourth-order valence-electron chi connectivity index (χ4n) is 1.95. The second-order valence-corrected chi connectivity index (χ2v) is 5.57. The number of rotatable bonds is 3. The average Bonchev–Trinajstić information content (AvgIpc) is 2.43. The Morgan fingerprint density at radius 2 is 2.05 bits per heavy atom. The zero-order chi connectivity index (χ0) is 15.7. The zero-order valence-corrected chi connectivity index (χ0v) is 13.0. The Kier molecular flexibility index (Phi) is 4.16. The van der Waals surface area contributed by atoms with Crippen LogP contribution in [-0.2, 0) is 11.8 Å². The lowest BCUT2D eigenvalue weighted by molar-refractivity contribution is -0.135. The third-order valence-electron chi connectivity index (χ3n) is 2.96. The molecule has 1 heterocycles. The van der Waals surface area contributed by atoms with Crippen LogP contribution >= 0.6 is 22.6 Å². The van der Waals surface area contributed by atoms with E-state index >= 15 is 0 Å². The van der Waals surface area contributed by atoms with Crippen LogP contribution in [-0.4, -0.2) is 33.2 Å². The van der Waals surface area contributed by atoms with Gasteiger partial charge in [-0.05, 0) is 40.8 Å². The Hall–Kier alpha value is -2.10. The maximum Gasteiger partial charge on any atom is 0.322 e. The highest BCUT2D eigenvalue weighted by Gasteiger charge is 2.21. The van der Waals surface area contributed by atoms with E-state index in [9.17, 15) is 19.5 Å². The molecule has 0 aliphatic rings. The number of fused-ring (bicyclic) bond motifs is 1. The number of carboxylic acid groups (broad SMARTS) is 1. The van der Waals surface area contributed by atoms with Crippen LogP contribution in [0.1, 0.15) is 10.4 Å². The van der Waals surface area contributed by atoms with Crippen molar-refractivity contribution < 1.29 is 19.8 Å². The molecule has 0 aliphatic heterocycles. The normalized spacial score (nSPS) is 10.6. The Morgan fingerprint density at radius 3 is 2.67 bits per heavy atom. The van der Waals surface area contributed by atoms with Crippen molar-refractivity contribution in [1.82, 2.24) is 9.88 Å². The van der Waals surface area contributed by atoms with Crippen molar-refractivity contribution in [3.63, 3.8) is 0 Å². The highest BCUT2D eigenvalue weighted by molar-refractivity contribution is 14.1. The molecule has 1 amide bonds. The number of carbonyl (C=O) groups excluding carboxylic acids is 1. The molecule has 0 spiro atoms. The number of carboxylic acids is 1. The number of aryl methyl sites for hydroxylation is 1. The van der Waals surface area contributed by atoms with Crippen molar-refractivity contribution in [3.05, 3.63) is 37.7 Å². The summed E-state index contributed by atoms with van der Waals surface area (Å²) in [5, 5.41) is 21.2. The fourth-order valence-corrected chi connectivity index (χ4v) is 2.44. The van der Waals surface area contributed by atoms with Crippen molar-refractivity contribution in [2.45, 2.75) is 0 Å². The summed E-state index contributed by atoms with van der Waals surface area (Å²) >= 11 is 2.04. The van der Waals surface area contributed by atoms with E-state index < -0.39 is 35.3 Å². The van der Waals surface area contributed by atoms with E-state index in [4.69, 9.17) is 5.11 Å². The van der Waals surface area contributed by atoms with Gasteiger partial charge in [0.15, 0.2) is 0 Å². The molecule has 2 rings (SSSR count). The summed E-state index contributed by atoms with van der Waals surface area (Å²) in [6, 6.07) is 5.07. The summed E-state index contributed by atoms with van der Waals surface area (Å²) < 4.78 is 2.06. The number of amides is 1. The molecule has 0 saturated heterocycles. The molecule has 0 radical (unpaired) electrons. The van der Waals surface area contributed by atoms with Gasteiger partial charge in [-0.1, -0.05) is 0 Å². The minimum atomic E-state index is -1.24. The quantitative estimate of drug-likeness (QED) is 0.654. The Balaban J connectivity index is 2.66. The molecule has 1 aromatic heterocycles. The number of hydrogen-bond acceptors (Lipinski definition) is 4. The molecule has 7 nitrogen and oxygen atoms in total. The van der Waals surface area contributed by atoms with E-state index in [1.807, 2.05) is 22.6 Å². The summed E-state index contributed by atoms with van der Waals surface area (Å²) in [6.07, 6.45) is 0. The molecular formula is C13H11IN2O5. The van der Waals surface area contributed by atoms with Gasteiger partial charge in [-0.15, -0.1) is 0 Å². The molecular weight excluding hydrogens is 391 g/mol. The van der Waals surface area contributed by atoms with E-state index in [0.29, 0.717) is 10.9 Å². The number of aliphatic carboxylic acids is 1. The summed E-state index contributed by atoms with van der Waals surface area (Å²) in [4.78, 5) is 34.6. The maximum atomic E-state index is 12.2. The van der Waals surface area contributed by atoms with Gasteiger partial charge in [0.25, 0.3) is 11.5 Å². The van der Waals surface area contributed by atoms with Crippen molar-refractivity contribution >= 4 is 45.4 Å². The Morgan fingerprint density at radius 1 is 1.38 bits per heavy atom. The van der Waals surface area contributed by atoms with Crippen molar-refractivity contribution in [1.29, 1.82) is 0 Å². The van der Waals surface area contributed by atoms with Crippen molar-refractivity contribution in [3.8, 4) is 5.75 Å². The number of carbonyl (C=O) groups is 2. The highest BCUT2D eigenvalue weighted by atomic mass is 127. The molecule has 0 fully saturated rings. The third kappa shape index (κ3) is 2.84. The van der Waals surface area contributed by atoms with E-state index in [1.165, 1.54) is 11.6 Å². The van der Waals surface area contributed by atoms with Crippen LogP contribution in [0.5, 0.6) is 5.75 Å². The van der Waals surface area contributed by atoms with Crippen LogP contribution in [0.4, 0.5) is 0 Å². The second kappa shape index (κ2) is 5.72. The SMILES string of the molecule is Cn1c(=O)c(C(=O)NCC(=O)O)c(O)c2cc(I)ccc21. The van der Waals surface area contributed by atoms with E-state index in [-0.39, 0.29) is 0 Å². The van der Waals surface area contributed by atoms with Gasteiger partial charge in [-0.25, -0.2) is 0 Å². The van der Waals surface area contributed by atoms with Crippen molar-refractivity contribution in [2.75, 3.05) is 6.54 Å². The lowest BCUT2D eigenvalue weighted by atomic mass is 10.1. The molecule has 3 N–H and O–H groups in total. The largest absolute Gasteiger partial charge is 0.506 e. The average molecular weight is 402 g/mol. The van der Waals surface area contributed by atoms with Crippen LogP contribution in [0, 0.1) is 3.57 Å². The zero-order valence-electron chi connectivity index (χ0n) is 10.9. The van der Waals surface area contributed by atoms with Crippen LogP contribution in [0.2, 0.25) is 0 Å². The molecule has 0 aliphatic carbocycles. The van der Waals surface area contributed by atoms with Crippen LogP contribution in [0.25, 0.3) is 10.9 Å². The van der Waals surface area contributed by atoms with Gasteiger partial charge in [0, 0.05) is 16.0 Å². The van der Waals surface area contributed by atoms with E-state index in [1.54, 1.807) is 18.2 Å². The summed E-state index contributed by atoms with van der Waals surface area (Å²) in [7, 11) is 1.48. The predicted octanol–water partition coefficient (Wildman–Crippen LogP) is 0.663. The number of aromatic nitrogens is 1. The molecule has 0 unspecified atom stereocenters. The monoisotopic (exact) mass is 402 g/mol. The summed E-state index contributed by atoms with van der Waals surface area (Å²) in [5.41, 5.74) is -0.676. The van der Waals surface area contributed by atoms with Gasteiger partial charge in [-0.3, -0.25) is 14.4 Å². The molecule has 8 heteroatoms. The van der Waals surface area contributed by atoms with E-state index in [2.05, 4.69) is 5.32 Å². The number of pyridine rings is 1.